The molecule has 1 aromatic rings. The number of hydrogen-bond acceptors (Lipinski definition) is 2. The summed E-state index contributed by atoms with van der Waals surface area (Å²) in [6, 6.07) is 7.37. The fourth-order valence-electron chi connectivity index (χ4n) is 2.42. The molecular formula is C15H19ClN2O2. The van der Waals surface area contributed by atoms with Gasteiger partial charge in [-0.15, -0.1) is 0 Å². The molecule has 0 unspecified atom stereocenters. The summed E-state index contributed by atoms with van der Waals surface area (Å²) in [6.07, 6.45) is 1.20. The van der Waals surface area contributed by atoms with Gasteiger partial charge in [0, 0.05) is 38.1 Å². The van der Waals surface area contributed by atoms with Crippen LogP contribution in [0.3, 0.4) is 0 Å². The molecule has 4 nitrogen and oxygen atoms in total. The summed E-state index contributed by atoms with van der Waals surface area (Å²) >= 11 is 5.93. The van der Waals surface area contributed by atoms with Gasteiger partial charge in [-0.25, -0.2) is 0 Å². The van der Waals surface area contributed by atoms with Gasteiger partial charge in [0.1, 0.15) is 0 Å². The normalized spacial score (nSPS) is 15.9. The first-order chi connectivity index (χ1) is 9.56. The molecule has 0 atom stereocenters. The van der Waals surface area contributed by atoms with Crippen molar-refractivity contribution < 1.29 is 9.59 Å². The molecule has 2 amide bonds. The van der Waals surface area contributed by atoms with Crippen LogP contribution in [0, 0.1) is 0 Å². The fraction of sp³-hybridized carbons (Fsp3) is 0.467. The van der Waals surface area contributed by atoms with Gasteiger partial charge in [0.2, 0.25) is 11.8 Å². The summed E-state index contributed by atoms with van der Waals surface area (Å²) in [6.45, 7) is 4.25. The van der Waals surface area contributed by atoms with Crippen LogP contribution in [0.25, 0.3) is 0 Å². The number of carbonyl (C=O) groups excluding carboxylic acids is 2. The molecule has 0 aromatic heterocycles. The van der Waals surface area contributed by atoms with E-state index in [-0.39, 0.29) is 11.8 Å². The standard InChI is InChI=1S/C15H19ClN2O2/c1-12(19)17-6-3-7-18(9-8-17)15(20)11-13-4-2-5-14(16)10-13/h2,4-5,10H,3,6-9,11H2,1H3. The van der Waals surface area contributed by atoms with Gasteiger partial charge in [-0.1, -0.05) is 23.7 Å². The van der Waals surface area contributed by atoms with E-state index in [1.54, 1.807) is 17.9 Å². The molecule has 1 heterocycles. The zero-order chi connectivity index (χ0) is 14.5. The number of rotatable bonds is 2. The summed E-state index contributed by atoms with van der Waals surface area (Å²) in [4.78, 5) is 27.3. The Bertz CT molecular complexity index is 504. The van der Waals surface area contributed by atoms with Crippen molar-refractivity contribution in [3.63, 3.8) is 0 Å². The second-order valence-corrected chi connectivity index (χ2v) is 5.48. The summed E-state index contributed by atoms with van der Waals surface area (Å²) in [7, 11) is 0. The first kappa shape index (κ1) is 14.9. The lowest BCUT2D eigenvalue weighted by Crippen LogP contribution is -2.37. The molecule has 2 rings (SSSR count). The Kier molecular flexibility index (Phi) is 5.01. The second-order valence-electron chi connectivity index (χ2n) is 5.05. The third-order valence-corrected chi connectivity index (χ3v) is 3.77. The number of halogens is 1. The van der Waals surface area contributed by atoms with Crippen LogP contribution in [0.15, 0.2) is 24.3 Å². The number of carbonyl (C=O) groups is 2. The molecule has 1 aliphatic rings. The third-order valence-electron chi connectivity index (χ3n) is 3.54. The lowest BCUT2D eigenvalue weighted by molar-refractivity contribution is -0.132. The summed E-state index contributed by atoms with van der Waals surface area (Å²) in [5.41, 5.74) is 0.926. The smallest absolute Gasteiger partial charge is 0.227 e. The van der Waals surface area contributed by atoms with Crippen LogP contribution in [-0.2, 0) is 16.0 Å². The number of nitrogens with zero attached hydrogens (tertiary/aromatic N) is 2. The molecule has 0 saturated carbocycles. The Morgan fingerprint density at radius 3 is 2.55 bits per heavy atom. The summed E-state index contributed by atoms with van der Waals surface area (Å²) in [5.74, 6) is 0.173. The van der Waals surface area contributed by atoms with E-state index in [9.17, 15) is 9.59 Å². The van der Waals surface area contributed by atoms with Crippen molar-refractivity contribution in [3.8, 4) is 0 Å². The van der Waals surface area contributed by atoms with Crippen LogP contribution in [0.2, 0.25) is 5.02 Å². The molecule has 0 radical (unpaired) electrons. The van der Waals surface area contributed by atoms with Crippen LogP contribution in [0.5, 0.6) is 0 Å². The van der Waals surface area contributed by atoms with Gasteiger partial charge in [-0.3, -0.25) is 9.59 Å². The zero-order valence-corrected chi connectivity index (χ0v) is 12.4. The van der Waals surface area contributed by atoms with Crippen molar-refractivity contribution in [2.75, 3.05) is 26.2 Å². The van der Waals surface area contributed by atoms with Crippen LogP contribution in [-0.4, -0.2) is 47.8 Å². The van der Waals surface area contributed by atoms with Gasteiger partial charge < -0.3 is 9.80 Å². The minimum Gasteiger partial charge on any atom is -0.341 e. The van der Waals surface area contributed by atoms with E-state index >= 15 is 0 Å². The minimum absolute atomic E-state index is 0.0779. The van der Waals surface area contributed by atoms with Gasteiger partial charge in [0.15, 0.2) is 0 Å². The second kappa shape index (κ2) is 6.75. The Labute approximate surface area is 124 Å². The highest BCUT2D eigenvalue weighted by Gasteiger charge is 2.20. The quantitative estimate of drug-likeness (QED) is 0.837. The lowest BCUT2D eigenvalue weighted by Gasteiger charge is -2.21. The van der Waals surface area contributed by atoms with Crippen LogP contribution < -0.4 is 0 Å². The molecule has 0 N–H and O–H groups in total. The Hall–Kier alpha value is -1.55. The topological polar surface area (TPSA) is 40.6 Å². The number of amides is 2. The van der Waals surface area contributed by atoms with Crippen molar-refractivity contribution >= 4 is 23.4 Å². The average Bonchev–Trinajstić information content (AvgIpc) is 2.64. The number of benzene rings is 1. The van der Waals surface area contributed by atoms with Gasteiger partial charge in [0.25, 0.3) is 0 Å². The molecule has 1 aromatic carbocycles. The highest BCUT2D eigenvalue weighted by atomic mass is 35.5. The maximum absolute atomic E-state index is 12.3. The molecule has 1 fully saturated rings. The maximum atomic E-state index is 12.3. The molecule has 0 aliphatic carbocycles. The van der Waals surface area contributed by atoms with Crippen molar-refractivity contribution in [1.82, 2.24) is 9.80 Å². The third kappa shape index (κ3) is 3.97. The fourth-order valence-corrected chi connectivity index (χ4v) is 2.63. The first-order valence-corrected chi connectivity index (χ1v) is 7.22. The van der Waals surface area contributed by atoms with Crippen molar-refractivity contribution in [1.29, 1.82) is 0 Å². The highest BCUT2D eigenvalue weighted by molar-refractivity contribution is 6.30. The average molecular weight is 295 g/mol. The van der Waals surface area contributed by atoms with E-state index in [0.717, 1.165) is 18.5 Å². The predicted molar refractivity (Wildman–Crippen MR) is 78.6 cm³/mol. The SMILES string of the molecule is CC(=O)N1CCCN(C(=O)Cc2cccc(Cl)c2)CC1. The molecule has 108 valence electrons. The minimum atomic E-state index is 0.0779. The van der Waals surface area contributed by atoms with Crippen molar-refractivity contribution in [2.24, 2.45) is 0 Å². The predicted octanol–water partition coefficient (Wildman–Crippen LogP) is 1.96. The first-order valence-electron chi connectivity index (χ1n) is 6.84. The van der Waals surface area contributed by atoms with Gasteiger partial charge in [-0.05, 0) is 24.1 Å². The van der Waals surface area contributed by atoms with E-state index < -0.39 is 0 Å². The molecule has 1 saturated heterocycles. The van der Waals surface area contributed by atoms with Gasteiger partial charge in [0.05, 0.1) is 6.42 Å². The maximum Gasteiger partial charge on any atom is 0.227 e. The molecule has 1 aliphatic heterocycles. The van der Waals surface area contributed by atoms with Gasteiger partial charge in [-0.2, -0.15) is 0 Å². The van der Waals surface area contributed by atoms with E-state index in [4.69, 9.17) is 11.6 Å². The lowest BCUT2D eigenvalue weighted by atomic mass is 10.1. The van der Waals surface area contributed by atoms with Crippen molar-refractivity contribution in [2.45, 2.75) is 19.8 Å². The van der Waals surface area contributed by atoms with Crippen molar-refractivity contribution in [3.05, 3.63) is 34.9 Å². The van der Waals surface area contributed by atoms with E-state index in [0.29, 0.717) is 31.1 Å². The molecule has 20 heavy (non-hydrogen) atoms. The number of hydrogen-bond donors (Lipinski definition) is 0. The Morgan fingerprint density at radius 1 is 1.15 bits per heavy atom. The monoisotopic (exact) mass is 294 g/mol. The molecule has 0 spiro atoms. The van der Waals surface area contributed by atoms with Gasteiger partial charge >= 0.3 is 0 Å². The van der Waals surface area contributed by atoms with Crippen LogP contribution >= 0.6 is 11.6 Å². The van der Waals surface area contributed by atoms with E-state index in [1.165, 1.54) is 0 Å². The summed E-state index contributed by atoms with van der Waals surface area (Å²) in [5, 5.41) is 0.647. The van der Waals surface area contributed by atoms with Crippen LogP contribution in [0.4, 0.5) is 0 Å². The highest BCUT2D eigenvalue weighted by Crippen LogP contribution is 2.13. The molecular weight excluding hydrogens is 276 g/mol. The molecule has 5 heteroatoms. The van der Waals surface area contributed by atoms with E-state index in [1.807, 2.05) is 23.1 Å². The van der Waals surface area contributed by atoms with E-state index in [2.05, 4.69) is 0 Å². The summed E-state index contributed by atoms with van der Waals surface area (Å²) < 4.78 is 0. The zero-order valence-electron chi connectivity index (χ0n) is 11.6. The Morgan fingerprint density at radius 2 is 1.85 bits per heavy atom. The largest absolute Gasteiger partial charge is 0.341 e. The van der Waals surface area contributed by atoms with Crippen LogP contribution in [0.1, 0.15) is 18.9 Å². The Balaban J connectivity index is 1.94. The molecule has 0 bridgehead atoms.